The largest absolute Gasteiger partial charge is 0.385 e. The molecule has 0 aliphatic heterocycles. The third-order valence-corrected chi connectivity index (χ3v) is 4.79. The molecule has 0 saturated heterocycles. The molecule has 1 N–H and O–H groups in total. The van der Waals surface area contributed by atoms with E-state index >= 15 is 0 Å². The summed E-state index contributed by atoms with van der Waals surface area (Å²) in [6.07, 6.45) is 4.44. The Morgan fingerprint density at radius 2 is 2.16 bits per heavy atom. The molecule has 1 heterocycles. The first-order valence-corrected chi connectivity index (χ1v) is 7.08. The minimum Gasteiger partial charge on any atom is -0.383 e. The van der Waals surface area contributed by atoms with E-state index in [1.165, 1.54) is 11.3 Å². The van der Waals surface area contributed by atoms with Gasteiger partial charge in [0.1, 0.15) is 10.6 Å². The van der Waals surface area contributed by atoms with Crippen LogP contribution in [0, 0.1) is 12.3 Å². The van der Waals surface area contributed by atoms with E-state index in [0.717, 1.165) is 40.3 Å². The van der Waals surface area contributed by atoms with E-state index in [-0.39, 0.29) is 0 Å². The molecule has 3 rings (SSSR count). The first kappa shape index (κ1) is 12.3. The zero-order chi connectivity index (χ0) is 13.5. The predicted octanol–water partition coefficient (Wildman–Crippen LogP) is 3.97. The number of benzene rings is 1. The quantitative estimate of drug-likeness (QED) is 0.841. The van der Waals surface area contributed by atoms with Crippen molar-refractivity contribution >= 4 is 17.0 Å². The number of rotatable bonds is 2. The summed E-state index contributed by atoms with van der Waals surface area (Å²) in [6, 6.07) is 5.65. The van der Waals surface area contributed by atoms with Crippen LogP contribution < -0.4 is 0 Å². The zero-order valence-corrected chi connectivity index (χ0v) is 11.4. The Balaban J connectivity index is 1.99. The number of nitrogens with zero attached hydrogens (tertiary/aromatic N) is 3. The first-order chi connectivity index (χ1) is 9.10. The fourth-order valence-electron chi connectivity index (χ4n) is 2.31. The highest BCUT2D eigenvalue weighted by Gasteiger charge is 2.39. The molecule has 1 aromatic heterocycles. The van der Waals surface area contributed by atoms with E-state index in [1.807, 2.05) is 25.1 Å². The Kier molecular flexibility index (Phi) is 2.85. The van der Waals surface area contributed by atoms with Crippen LogP contribution in [-0.2, 0) is 5.60 Å². The third kappa shape index (κ3) is 2.14. The second-order valence-electron chi connectivity index (χ2n) is 5.07. The summed E-state index contributed by atoms with van der Waals surface area (Å²) in [7, 11) is 0. The summed E-state index contributed by atoms with van der Waals surface area (Å²) in [5.41, 5.74) is 1.83. The summed E-state index contributed by atoms with van der Waals surface area (Å²) >= 11 is 1.51. The third-order valence-electron chi connectivity index (χ3n) is 3.55. The molecule has 0 atom stereocenters. The van der Waals surface area contributed by atoms with Crippen molar-refractivity contribution < 1.29 is 5.11 Å². The van der Waals surface area contributed by atoms with Crippen LogP contribution in [0.5, 0.6) is 0 Å². The van der Waals surface area contributed by atoms with Crippen LogP contribution in [0.1, 0.15) is 29.8 Å². The van der Waals surface area contributed by atoms with Gasteiger partial charge in [-0.15, -0.1) is 11.3 Å². The molecule has 1 aliphatic carbocycles. The van der Waals surface area contributed by atoms with Gasteiger partial charge >= 0.3 is 5.69 Å². The SMILES string of the molecule is Cc1cc([N+]#N)cc(-c2cnc(C3(O)CCC3)s2)c1. The lowest BCUT2D eigenvalue weighted by Gasteiger charge is -2.34. The first-order valence-electron chi connectivity index (χ1n) is 6.27. The highest BCUT2D eigenvalue weighted by Crippen LogP contribution is 2.44. The molecule has 1 fully saturated rings. The van der Waals surface area contributed by atoms with Crippen LogP contribution in [0.25, 0.3) is 15.4 Å². The van der Waals surface area contributed by atoms with Gasteiger partial charge in [-0.1, -0.05) is 0 Å². The maximum Gasteiger partial charge on any atom is 0.385 e. The molecule has 1 aliphatic rings. The summed E-state index contributed by atoms with van der Waals surface area (Å²) in [6.45, 7) is 1.96. The number of aromatic nitrogens is 1. The number of aryl methyl sites for hydroxylation is 1. The smallest absolute Gasteiger partial charge is 0.383 e. The van der Waals surface area contributed by atoms with Gasteiger partial charge in [0.15, 0.2) is 4.98 Å². The van der Waals surface area contributed by atoms with Gasteiger partial charge in [0.2, 0.25) is 5.39 Å². The standard InChI is InChI=1S/C14H14N3OS/c1-9-5-10(7-11(6-9)17-15)12-8-16-13(19-12)14(18)3-2-4-14/h5-8,18H,2-4H2,1H3/q+1. The summed E-state index contributed by atoms with van der Waals surface area (Å²) < 4.78 is 0. The van der Waals surface area contributed by atoms with Crippen molar-refractivity contribution in [2.45, 2.75) is 31.8 Å². The van der Waals surface area contributed by atoms with E-state index in [4.69, 9.17) is 5.39 Å². The van der Waals surface area contributed by atoms with Gasteiger partial charge in [-0.25, -0.2) is 4.98 Å². The van der Waals surface area contributed by atoms with Crippen LogP contribution in [0.4, 0.5) is 5.69 Å². The van der Waals surface area contributed by atoms with Gasteiger partial charge in [-0.3, -0.25) is 0 Å². The Bertz CT molecular complexity index is 668. The van der Waals surface area contributed by atoms with Crippen molar-refractivity contribution in [1.29, 1.82) is 5.39 Å². The Labute approximate surface area is 115 Å². The number of thiazole rings is 1. The van der Waals surface area contributed by atoms with E-state index in [0.29, 0.717) is 5.69 Å². The lowest BCUT2D eigenvalue weighted by Crippen LogP contribution is -2.33. The molecule has 2 aromatic rings. The highest BCUT2D eigenvalue weighted by molar-refractivity contribution is 7.15. The van der Waals surface area contributed by atoms with Gasteiger partial charge in [0, 0.05) is 23.9 Å². The van der Waals surface area contributed by atoms with Crippen LogP contribution in [0.2, 0.25) is 0 Å². The van der Waals surface area contributed by atoms with E-state index in [2.05, 4.69) is 9.96 Å². The zero-order valence-electron chi connectivity index (χ0n) is 10.6. The average molecular weight is 272 g/mol. The summed E-state index contributed by atoms with van der Waals surface area (Å²) in [4.78, 5) is 8.57. The van der Waals surface area contributed by atoms with Gasteiger partial charge in [-0.2, -0.15) is 0 Å². The Hall–Kier alpha value is -1.77. The van der Waals surface area contributed by atoms with Crippen LogP contribution in [0.15, 0.2) is 24.4 Å². The van der Waals surface area contributed by atoms with Gasteiger partial charge in [0.25, 0.3) is 0 Å². The monoisotopic (exact) mass is 272 g/mol. The van der Waals surface area contributed by atoms with Crippen molar-refractivity contribution in [3.05, 3.63) is 39.9 Å². The molecule has 0 amide bonds. The lowest BCUT2D eigenvalue weighted by molar-refractivity contribution is -0.0389. The molecule has 1 aromatic carbocycles. The molecule has 19 heavy (non-hydrogen) atoms. The lowest BCUT2D eigenvalue weighted by atomic mass is 9.81. The van der Waals surface area contributed by atoms with Crippen molar-refractivity contribution in [3.63, 3.8) is 0 Å². The van der Waals surface area contributed by atoms with Gasteiger partial charge < -0.3 is 5.11 Å². The van der Waals surface area contributed by atoms with Crippen LogP contribution in [0.3, 0.4) is 0 Å². The second kappa shape index (κ2) is 4.41. The molecule has 0 bridgehead atoms. The maximum atomic E-state index is 10.3. The molecule has 96 valence electrons. The number of hydrogen-bond donors (Lipinski definition) is 1. The Morgan fingerprint density at radius 1 is 1.37 bits per heavy atom. The summed E-state index contributed by atoms with van der Waals surface area (Å²) in [5, 5.41) is 20.0. The van der Waals surface area contributed by atoms with Gasteiger partial charge in [-0.05, 0) is 37.8 Å². The number of aliphatic hydroxyl groups is 1. The van der Waals surface area contributed by atoms with E-state index < -0.39 is 5.60 Å². The van der Waals surface area contributed by atoms with Crippen molar-refractivity contribution in [1.82, 2.24) is 4.98 Å². The second-order valence-corrected chi connectivity index (χ2v) is 6.10. The summed E-state index contributed by atoms with van der Waals surface area (Å²) in [5.74, 6) is 0. The molecule has 4 nitrogen and oxygen atoms in total. The molecular weight excluding hydrogens is 258 g/mol. The molecule has 5 heteroatoms. The van der Waals surface area contributed by atoms with Crippen LogP contribution in [-0.4, -0.2) is 10.1 Å². The highest BCUT2D eigenvalue weighted by atomic mass is 32.1. The van der Waals surface area contributed by atoms with Crippen molar-refractivity contribution in [2.24, 2.45) is 0 Å². The Morgan fingerprint density at radius 3 is 2.79 bits per heavy atom. The normalized spacial score (nSPS) is 16.7. The van der Waals surface area contributed by atoms with Crippen LogP contribution >= 0.6 is 11.3 Å². The topological polar surface area (TPSA) is 61.3 Å². The molecule has 1 saturated carbocycles. The minimum atomic E-state index is -0.711. The van der Waals surface area contributed by atoms with E-state index in [1.54, 1.807) is 6.20 Å². The van der Waals surface area contributed by atoms with Crippen molar-refractivity contribution in [3.8, 4) is 10.4 Å². The average Bonchev–Trinajstić information content (AvgIpc) is 2.85. The predicted molar refractivity (Wildman–Crippen MR) is 74.8 cm³/mol. The molecule has 0 unspecified atom stereocenters. The molecule has 0 spiro atoms. The number of diazo groups is 1. The van der Waals surface area contributed by atoms with Gasteiger partial charge in [0.05, 0.1) is 4.88 Å². The molecular formula is C14H14N3OS+. The maximum absolute atomic E-state index is 10.3. The fraction of sp³-hybridized carbons (Fsp3) is 0.357. The molecule has 0 radical (unpaired) electrons. The number of hydrogen-bond acceptors (Lipinski definition) is 4. The van der Waals surface area contributed by atoms with Crippen molar-refractivity contribution in [2.75, 3.05) is 0 Å². The fourth-order valence-corrected chi connectivity index (χ4v) is 3.36. The van der Waals surface area contributed by atoms with E-state index in [9.17, 15) is 5.11 Å². The minimum absolute atomic E-state index is 0.535.